The molecule has 17 heavy (non-hydrogen) atoms. The van der Waals surface area contributed by atoms with Crippen molar-refractivity contribution >= 4 is 11.8 Å². The van der Waals surface area contributed by atoms with Crippen LogP contribution in [0.1, 0.15) is 46.9 Å². The van der Waals surface area contributed by atoms with Crippen molar-refractivity contribution in [2.75, 3.05) is 0 Å². The van der Waals surface area contributed by atoms with Gasteiger partial charge in [0.15, 0.2) is 5.78 Å². The smallest absolute Gasteiger partial charge is 0.339 e. The number of carboxylic acid groups (broad SMARTS) is 1. The molecule has 0 aliphatic heterocycles. The van der Waals surface area contributed by atoms with Gasteiger partial charge >= 0.3 is 5.97 Å². The molecule has 0 unspecified atom stereocenters. The van der Waals surface area contributed by atoms with Crippen LogP contribution in [0.5, 0.6) is 11.5 Å². The number of carbonyl (C=O) groups excluding carboxylic acids is 1. The normalized spacial score (nSPS) is 10.2. The Hall–Kier alpha value is -2.04. The monoisotopic (exact) mass is 238 g/mol. The Bertz CT molecular complexity index is 450. The van der Waals surface area contributed by atoms with Gasteiger partial charge in [-0.25, -0.2) is 4.79 Å². The number of phenols is 2. The second-order valence-electron chi connectivity index (χ2n) is 3.72. The van der Waals surface area contributed by atoms with Crippen molar-refractivity contribution in [3.8, 4) is 11.5 Å². The van der Waals surface area contributed by atoms with Gasteiger partial charge in [0.2, 0.25) is 0 Å². The quantitative estimate of drug-likeness (QED) is 0.683. The van der Waals surface area contributed by atoms with Crippen molar-refractivity contribution in [2.24, 2.45) is 0 Å². The van der Waals surface area contributed by atoms with Crippen LogP contribution in [0.15, 0.2) is 12.1 Å². The Morgan fingerprint density at radius 1 is 1.12 bits per heavy atom. The first-order chi connectivity index (χ1) is 7.97. The SMILES string of the molecule is CCCCC(=O)c1cc(C(=O)O)c(O)cc1O. The van der Waals surface area contributed by atoms with Gasteiger partial charge in [0.25, 0.3) is 0 Å². The van der Waals surface area contributed by atoms with E-state index in [9.17, 15) is 19.8 Å². The van der Waals surface area contributed by atoms with Crippen LogP contribution in [0.3, 0.4) is 0 Å². The summed E-state index contributed by atoms with van der Waals surface area (Å²) in [4.78, 5) is 22.4. The number of rotatable bonds is 5. The fourth-order valence-corrected chi connectivity index (χ4v) is 1.44. The van der Waals surface area contributed by atoms with E-state index in [1.54, 1.807) is 0 Å². The van der Waals surface area contributed by atoms with Gasteiger partial charge in [-0.05, 0) is 12.5 Å². The molecule has 0 saturated heterocycles. The number of phenolic OH excluding ortho intramolecular Hbond substituents is 1. The summed E-state index contributed by atoms with van der Waals surface area (Å²) in [5.74, 6) is -2.62. The van der Waals surface area contributed by atoms with E-state index < -0.39 is 17.5 Å². The molecule has 0 aliphatic rings. The first-order valence-corrected chi connectivity index (χ1v) is 5.29. The van der Waals surface area contributed by atoms with Gasteiger partial charge in [-0.1, -0.05) is 13.3 Å². The van der Waals surface area contributed by atoms with Crippen molar-refractivity contribution in [3.05, 3.63) is 23.3 Å². The number of carboxylic acids is 1. The highest BCUT2D eigenvalue weighted by molar-refractivity contribution is 6.02. The van der Waals surface area contributed by atoms with E-state index in [0.29, 0.717) is 6.42 Å². The topological polar surface area (TPSA) is 94.8 Å². The molecule has 0 saturated carbocycles. The number of aromatic hydroxyl groups is 2. The number of hydrogen-bond acceptors (Lipinski definition) is 4. The first kappa shape index (κ1) is 13.0. The van der Waals surface area contributed by atoms with Crippen LogP contribution in [0.25, 0.3) is 0 Å². The third kappa shape index (κ3) is 2.96. The summed E-state index contributed by atoms with van der Waals surface area (Å²) in [6.45, 7) is 1.92. The molecule has 0 fully saturated rings. The summed E-state index contributed by atoms with van der Waals surface area (Å²) >= 11 is 0. The summed E-state index contributed by atoms with van der Waals surface area (Å²) < 4.78 is 0. The van der Waals surface area contributed by atoms with Gasteiger partial charge in [-0.15, -0.1) is 0 Å². The molecule has 0 amide bonds. The third-order valence-corrected chi connectivity index (χ3v) is 2.40. The maximum atomic E-state index is 11.7. The van der Waals surface area contributed by atoms with E-state index in [4.69, 9.17) is 5.11 Å². The van der Waals surface area contributed by atoms with Crippen LogP contribution in [0, 0.1) is 0 Å². The van der Waals surface area contributed by atoms with Gasteiger partial charge < -0.3 is 15.3 Å². The Morgan fingerprint density at radius 2 is 1.71 bits per heavy atom. The zero-order valence-electron chi connectivity index (χ0n) is 9.43. The Morgan fingerprint density at radius 3 is 2.24 bits per heavy atom. The highest BCUT2D eigenvalue weighted by atomic mass is 16.4. The zero-order valence-corrected chi connectivity index (χ0v) is 9.43. The summed E-state index contributed by atoms with van der Waals surface area (Å²) in [5, 5.41) is 27.6. The molecule has 5 nitrogen and oxygen atoms in total. The van der Waals surface area contributed by atoms with Crippen molar-refractivity contribution in [1.29, 1.82) is 0 Å². The number of benzene rings is 1. The van der Waals surface area contributed by atoms with Crippen molar-refractivity contribution in [3.63, 3.8) is 0 Å². The van der Waals surface area contributed by atoms with Gasteiger partial charge in [-0.3, -0.25) is 4.79 Å². The largest absolute Gasteiger partial charge is 0.507 e. The fourth-order valence-electron chi connectivity index (χ4n) is 1.44. The molecule has 92 valence electrons. The minimum Gasteiger partial charge on any atom is -0.507 e. The molecule has 0 heterocycles. The van der Waals surface area contributed by atoms with Crippen LogP contribution in [0.2, 0.25) is 0 Å². The predicted octanol–water partition coefficient (Wildman–Crippen LogP) is 2.17. The second kappa shape index (κ2) is 5.34. The second-order valence-corrected chi connectivity index (χ2v) is 3.72. The van der Waals surface area contributed by atoms with E-state index in [1.165, 1.54) is 0 Å². The lowest BCUT2D eigenvalue weighted by Gasteiger charge is -2.06. The average Bonchev–Trinajstić information content (AvgIpc) is 2.25. The molecule has 0 bridgehead atoms. The molecular weight excluding hydrogens is 224 g/mol. The number of carbonyl (C=O) groups is 2. The minimum absolute atomic E-state index is 0.0614. The number of hydrogen-bond donors (Lipinski definition) is 3. The lowest BCUT2D eigenvalue weighted by Crippen LogP contribution is -2.04. The van der Waals surface area contributed by atoms with Crippen LogP contribution in [0.4, 0.5) is 0 Å². The zero-order chi connectivity index (χ0) is 13.0. The van der Waals surface area contributed by atoms with Crippen LogP contribution in [-0.2, 0) is 0 Å². The molecular formula is C12H14O5. The van der Waals surface area contributed by atoms with E-state index in [-0.39, 0.29) is 23.3 Å². The van der Waals surface area contributed by atoms with Gasteiger partial charge in [0, 0.05) is 12.5 Å². The molecule has 0 atom stereocenters. The van der Waals surface area contributed by atoms with Gasteiger partial charge in [-0.2, -0.15) is 0 Å². The molecule has 3 N–H and O–H groups in total. The molecule has 1 aromatic carbocycles. The van der Waals surface area contributed by atoms with Gasteiger partial charge in [0.05, 0.1) is 5.56 Å². The third-order valence-electron chi connectivity index (χ3n) is 2.40. The molecule has 1 aromatic rings. The maximum absolute atomic E-state index is 11.7. The fraction of sp³-hybridized carbons (Fsp3) is 0.333. The van der Waals surface area contributed by atoms with Crippen LogP contribution >= 0.6 is 0 Å². The molecule has 0 spiro atoms. The molecule has 1 rings (SSSR count). The Kier molecular flexibility index (Phi) is 4.09. The Balaban J connectivity index is 3.11. The molecule has 0 aliphatic carbocycles. The van der Waals surface area contributed by atoms with Crippen molar-refractivity contribution in [1.82, 2.24) is 0 Å². The first-order valence-electron chi connectivity index (χ1n) is 5.29. The molecule has 5 heteroatoms. The lowest BCUT2D eigenvalue weighted by atomic mass is 10.0. The standard InChI is InChI=1S/C12H14O5/c1-2-3-4-9(13)7-5-8(12(16)17)11(15)6-10(7)14/h5-6,14-15H,2-4H2,1H3,(H,16,17). The Labute approximate surface area is 98.3 Å². The summed E-state index contributed by atoms with van der Waals surface area (Å²) in [5.41, 5.74) is -0.448. The van der Waals surface area contributed by atoms with Crippen molar-refractivity contribution in [2.45, 2.75) is 26.2 Å². The minimum atomic E-state index is -1.34. The highest BCUT2D eigenvalue weighted by Gasteiger charge is 2.18. The average molecular weight is 238 g/mol. The van der Waals surface area contributed by atoms with Crippen LogP contribution in [-0.4, -0.2) is 27.1 Å². The predicted molar refractivity (Wildman–Crippen MR) is 60.6 cm³/mol. The summed E-state index contributed by atoms with van der Waals surface area (Å²) in [7, 11) is 0. The van der Waals surface area contributed by atoms with Gasteiger partial charge in [0.1, 0.15) is 17.1 Å². The number of unbranched alkanes of at least 4 members (excludes halogenated alkanes) is 1. The summed E-state index contributed by atoms with van der Waals surface area (Å²) in [6, 6.07) is 1.88. The number of aromatic carboxylic acids is 1. The van der Waals surface area contributed by atoms with E-state index in [2.05, 4.69) is 0 Å². The van der Waals surface area contributed by atoms with E-state index in [0.717, 1.165) is 18.6 Å². The molecule has 0 radical (unpaired) electrons. The van der Waals surface area contributed by atoms with E-state index in [1.807, 2.05) is 6.92 Å². The highest BCUT2D eigenvalue weighted by Crippen LogP contribution is 2.28. The maximum Gasteiger partial charge on any atom is 0.339 e. The van der Waals surface area contributed by atoms with Crippen molar-refractivity contribution < 1.29 is 24.9 Å². The lowest BCUT2D eigenvalue weighted by molar-refractivity contribution is 0.0693. The number of Topliss-reactive ketones (excluding diaryl/α,β-unsaturated/α-hetero) is 1. The van der Waals surface area contributed by atoms with E-state index >= 15 is 0 Å². The number of ketones is 1. The van der Waals surface area contributed by atoms with Crippen LogP contribution < -0.4 is 0 Å². The summed E-state index contributed by atoms with van der Waals surface area (Å²) in [6.07, 6.45) is 1.74. The molecule has 0 aromatic heterocycles.